The smallest absolute Gasteiger partial charge is 0.00193 e. The van der Waals surface area contributed by atoms with Crippen molar-refractivity contribution in [3.63, 3.8) is 0 Å². The number of nitrogens with one attached hydrogen (secondary N) is 1. The van der Waals surface area contributed by atoms with Gasteiger partial charge in [-0.1, -0.05) is 26.7 Å². The molecule has 1 atom stereocenters. The van der Waals surface area contributed by atoms with E-state index in [4.69, 9.17) is 0 Å². The molecular weight excluding hydrogens is 246 g/mol. The number of unbranched alkanes of at least 4 members (excludes halogenated alkanes) is 3. The van der Waals surface area contributed by atoms with E-state index in [0.29, 0.717) is 0 Å². The van der Waals surface area contributed by atoms with Crippen molar-refractivity contribution in [3.8, 4) is 0 Å². The highest BCUT2D eigenvalue weighted by atomic mass is 15.1. The number of nitrogens with zero attached hydrogens (tertiary/aromatic N) is 2. The lowest BCUT2D eigenvalue weighted by molar-refractivity contribution is 0.268. The molecule has 0 aromatic carbocycles. The normalized spacial score (nSPS) is 20.4. The molecule has 1 aliphatic rings. The summed E-state index contributed by atoms with van der Waals surface area (Å²) >= 11 is 0. The van der Waals surface area contributed by atoms with Crippen LogP contribution in [0.3, 0.4) is 0 Å². The summed E-state index contributed by atoms with van der Waals surface area (Å²) in [5.41, 5.74) is 0. The van der Waals surface area contributed by atoms with Crippen LogP contribution in [0.1, 0.15) is 46.0 Å². The molecule has 1 rings (SSSR count). The molecule has 120 valence electrons. The zero-order chi connectivity index (χ0) is 14.8. The lowest BCUT2D eigenvalue weighted by atomic mass is 10.1. The SMILES string of the molecule is CC(C)CNCCCCCCN(C)CC1CCN(C)C1. The van der Waals surface area contributed by atoms with E-state index < -0.39 is 0 Å². The molecule has 0 saturated carbocycles. The van der Waals surface area contributed by atoms with Gasteiger partial charge >= 0.3 is 0 Å². The molecule has 3 nitrogen and oxygen atoms in total. The molecule has 0 aromatic rings. The molecule has 1 saturated heterocycles. The maximum atomic E-state index is 3.52. The summed E-state index contributed by atoms with van der Waals surface area (Å²) in [5, 5.41) is 3.52. The quantitative estimate of drug-likeness (QED) is 0.588. The van der Waals surface area contributed by atoms with Crippen LogP contribution in [0.15, 0.2) is 0 Å². The first kappa shape index (κ1) is 17.9. The van der Waals surface area contributed by atoms with E-state index in [1.807, 2.05) is 0 Å². The summed E-state index contributed by atoms with van der Waals surface area (Å²) in [7, 11) is 4.54. The fraction of sp³-hybridized carbons (Fsp3) is 1.00. The minimum absolute atomic E-state index is 0.776. The van der Waals surface area contributed by atoms with Crippen LogP contribution in [-0.4, -0.2) is 63.2 Å². The monoisotopic (exact) mass is 283 g/mol. The van der Waals surface area contributed by atoms with Crippen molar-refractivity contribution >= 4 is 0 Å². The summed E-state index contributed by atoms with van der Waals surface area (Å²) in [6.45, 7) is 12.1. The highest BCUT2D eigenvalue weighted by molar-refractivity contribution is 4.75. The van der Waals surface area contributed by atoms with Gasteiger partial charge < -0.3 is 15.1 Å². The lowest BCUT2D eigenvalue weighted by Gasteiger charge is -2.20. The molecular formula is C17H37N3. The van der Waals surface area contributed by atoms with E-state index in [-0.39, 0.29) is 0 Å². The number of hydrogen-bond acceptors (Lipinski definition) is 3. The molecule has 1 N–H and O–H groups in total. The predicted octanol–water partition coefficient (Wildman–Crippen LogP) is 2.68. The summed E-state index contributed by atoms with van der Waals surface area (Å²) in [5.74, 6) is 1.68. The molecule has 0 aromatic heterocycles. The van der Waals surface area contributed by atoms with Crippen molar-refractivity contribution in [1.29, 1.82) is 0 Å². The fourth-order valence-electron chi connectivity index (χ4n) is 3.08. The van der Waals surface area contributed by atoms with Crippen LogP contribution in [0.4, 0.5) is 0 Å². The number of likely N-dealkylation sites (tertiary alicyclic amines) is 1. The Kier molecular flexibility index (Phi) is 9.49. The summed E-state index contributed by atoms with van der Waals surface area (Å²) in [4.78, 5) is 5.00. The summed E-state index contributed by atoms with van der Waals surface area (Å²) in [6.07, 6.45) is 6.86. The van der Waals surface area contributed by atoms with Gasteiger partial charge in [0.25, 0.3) is 0 Å². The van der Waals surface area contributed by atoms with Crippen LogP contribution < -0.4 is 5.32 Å². The van der Waals surface area contributed by atoms with Crippen LogP contribution in [0.5, 0.6) is 0 Å². The largest absolute Gasteiger partial charge is 0.316 e. The van der Waals surface area contributed by atoms with Gasteiger partial charge in [0.1, 0.15) is 0 Å². The van der Waals surface area contributed by atoms with E-state index in [2.05, 4.69) is 43.1 Å². The van der Waals surface area contributed by atoms with Crippen molar-refractivity contribution in [2.45, 2.75) is 46.0 Å². The molecule has 1 fully saturated rings. The minimum Gasteiger partial charge on any atom is -0.316 e. The highest BCUT2D eigenvalue weighted by Crippen LogP contribution is 2.15. The molecule has 20 heavy (non-hydrogen) atoms. The first-order valence-corrected chi connectivity index (χ1v) is 8.65. The average Bonchev–Trinajstić information content (AvgIpc) is 2.77. The Labute approximate surface area is 127 Å². The topological polar surface area (TPSA) is 18.5 Å². The molecule has 0 radical (unpaired) electrons. The van der Waals surface area contributed by atoms with Crippen molar-refractivity contribution in [2.75, 3.05) is 53.4 Å². The van der Waals surface area contributed by atoms with Crippen LogP contribution >= 0.6 is 0 Å². The van der Waals surface area contributed by atoms with Crippen molar-refractivity contribution in [3.05, 3.63) is 0 Å². The zero-order valence-electron chi connectivity index (χ0n) is 14.3. The third-order valence-corrected chi connectivity index (χ3v) is 4.25. The molecule has 1 heterocycles. The Morgan fingerprint density at radius 2 is 1.95 bits per heavy atom. The van der Waals surface area contributed by atoms with Gasteiger partial charge in [-0.2, -0.15) is 0 Å². The Hall–Kier alpha value is -0.120. The van der Waals surface area contributed by atoms with Crippen LogP contribution in [0, 0.1) is 11.8 Å². The van der Waals surface area contributed by atoms with Gasteiger partial charge in [0.2, 0.25) is 0 Å². The van der Waals surface area contributed by atoms with Gasteiger partial charge in [0, 0.05) is 13.1 Å². The van der Waals surface area contributed by atoms with Gasteiger partial charge in [-0.15, -0.1) is 0 Å². The van der Waals surface area contributed by atoms with E-state index in [1.54, 1.807) is 0 Å². The second-order valence-electron chi connectivity index (χ2n) is 7.19. The van der Waals surface area contributed by atoms with Crippen molar-refractivity contribution in [1.82, 2.24) is 15.1 Å². The number of rotatable bonds is 11. The number of hydrogen-bond donors (Lipinski definition) is 1. The maximum Gasteiger partial charge on any atom is 0.00193 e. The molecule has 0 spiro atoms. The minimum atomic E-state index is 0.776. The first-order chi connectivity index (χ1) is 9.58. The zero-order valence-corrected chi connectivity index (χ0v) is 14.3. The van der Waals surface area contributed by atoms with E-state index in [9.17, 15) is 0 Å². The summed E-state index contributed by atoms with van der Waals surface area (Å²) in [6, 6.07) is 0. The van der Waals surface area contributed by atoms with Crippen molar-refractivity contribution < 1.29 is 0 Å². The third kappa shape index (κ3) is 8.93. The van der Waals surface area contributed by atoms with Crippen LogP contribution in [-0.2, 0) is 0 Å². The van der Waals surface area contributed by atoms with E-state index in [1.165, 1.54) is 71.4 Å². The summed E-state index contributed by atoms with van der Waals surface area (Å²) < 4.78 is 0. The second-order valence-corrected chi connectivity index (χ2v) is 7.19. The second kappa shape index (κ2) is 10.6. The first-order valence-electron chi connectivity index (χ1n) is 8.65. The molecule has 0 bridgehead atoms. The van der Waals surface area contributed by atoms with Crippen LogP contribution in [0.25, 0.3) is 0 Å². The Morgan fingerprint density at radius 3 is 2.60 bits per heavy atom. The maximum absolute atomic E-state index is 3.52. The Balaban J connectivity index is 1.85. The van der Waals surface area contributed by atoms with Gasteiger partial charge in [-0.05, 0) is 71.4 Å². The van der Waals surface area contributed by atoms with Crippen molar-refractivity contribution in [2.24, 2.45) is 11.8 Å². The standard InChI is InChI=1S/C17H37N3/c1-16(2)13-18-10-7-5-6-8-11-19(3)14-17-9-12-20(4)15-17/h16-18H,5-15H2,1-4H3. The highest BCUT2D eigenvalue weighted by Gasteiger charge is 2.20. The molecule has 3 heteroatoms. The van der Waals surface area contributed by atoms with E-state index >= 15 is 0 Å². The van der Waals surface area contributed by atoms with Gasteiger partial charge in [0.05, 0.1) is 0 Å². The lowest BCUT2D eigenvalue weighted by Crippen LogP contribution is -2.28. The van der Waals surface area contributed by atoms with Gasteiger partial charge in [0.15, 0.2) is 0 Å². The Morgan fingerprint density at radius 1 is 1.20 bits per heavy atom. The van der Waals surface area contributed by atoms with E-state index in [0.717, 1.165) is 11.8 Å². The molecule has 0 aliphatic carbocycles. The average molecular weight is 284 g/mol. The molecule has 0 amide bonds. The Bertz CT molecular complexity index is 230. The van der Waals surface area contributed by atoms with Gasteiger partial charge in [-0.3, -0.25) is 0 Å². The predicted molar refractivity (Wildman–Crippen MR) is 89.3 cm³/mol. The van der Waals surface area contributed by atoms with Crippen LogP contribution in [0.2, 0.25) is 0 Å². The fourth-order valence-corrected chi connectivity index (χ4v) is 3.08. The third-order valence-electron chi connectivity index (χ3n) is 4.25. The molecule has 1 unspecified atom stereocenters. The van der Waals surface area contributed by atoms with Gasteiger partial charge in [-0.25, -0.2) is 0 Å². The molecule has 1 aliphatic heterocycles.